The standard InChI is InChI=1S/C18H18BNO5/c1-2-11-6-8-12(9-7-11)17(21)20-15-10-13-4-3-5-14(18(22)23)16(13)25-19(15)24/h3-9,15,24H,2,10H2,1H3,(H,20,21)(H,22,23)/t15-/m0/s1. The highest BCUT2D eigenvalue weighted by atomic mass is 16.5. The van der Waals surface area contributed by atoms with Crippen LogP contribution in [0.2, 0.25) is 0 Å². The first-order valence-electron chi connectivity index (χ1n) is 8.09. The van der Waals surface area contributed by atoms with Crippen LogP contribution in [0.15, 0.2) is 42.5 Å². The normalized spacial score (nSPS) is 15.9. The van der Waals surface area contributed by atoms with E-state index < -0.39 is 19.0 Å². The van der Waals surface area contributed by atoms with Crippen LogP contribution in [-0.4, -0.2) is 35.1 Å². The number of carboxylic acid groups (broad SMARTS) is 1. The summed E-state index contributed by atoms with van der Waals surface area (Å²) >= 11 is 0. The molecule has 3 rings (SSSR count). The van der Waals surface area contributed by atoms with Crippen LogP contribution in [-0.2, 0) is 12.8 Å². The van der Waals surface area contributed by atoms with Gasteiger partial charge in [0.2, 0.25) is 0 Å². The maximum Gasteiger partial charge on any atom is 0.547 e. The Kier molecular flexibility index (Phi) is 4.76. The van der Waals surface area contributed by atoms with Crippen molar-refractivity contribution in [3.05, 3.63) is 64.7 Å². The number of rotatable bonds is 4. The summed E-state index contributed by atoms with van der Waals surface area (Å²) in [6.45, 7) is 2.04. The van der Waals surface area contributed by atoms with Crippen molar-refractivity contribution in [3.8, 4) is 5.75 Å². The highest BCUT2D eigenvalue weighted by Gasteiger charge is 2.37. The first kappa shape index (κ1) is 17.0. The molecule has 6 nitrogen and oxygen atoms in total. The third-order valence-electron chi connectivity index (χ3n) is 4.29. The van der Waals surface area contributed by atoms with E-state index in [-0.39, 0.29) is 23.6 Å². The number of carboxylic acids is 1. The van der Waals surface area contributed by atoms with E-state index in [1.165, 1.54) is 6.07 Å². The summed E-state index contributed by atoms with van der Waals surface area (Å²) in [5.41, 5.74) is 2.26. The summed E-state index contributed by atoms with van der Waals surface area (Å²) in [5.74, 6) is -1.94. The highest BCUT2D eigenvalue weighted by Crippen LogP contribution is 2.30. The molecule has 1 amide bonds. The summed E-state index contributed by atoms with van der Waals surface area (Å²) in [6, 6.07) is 12.0. The van der Waals surface area contributed by atoms with Crippen LogP contribution < -0.4 is 9.97 Å². The van der Waals surface area contributed by atoms with Crippen molar-refractivity contribution in [1.82, 2.24) is 5.32 Å². The number of aryl methyl sites for hydroxylation is 1. The summed E-state index contributed by atoms with van der Waals surface area (Å²) in [5, 5.41) is 22.1. The van der Waals surface area contributed by atoms with E-state index in [0.717, 1.165) is 12.0 Å². The molecule has 1 heterocycles. The molecule has 128 valence electrons. The Morgan fingerprint density at radius 2 is 1.96 bits per heavy atom. The van der Waals surface area contributed by atoms with Crippen molar-refractivity contribution in [2.45, 2.75) is 25.7 Å². The number of hydrogen-bond acceptors (Lipinski definition) is 4. The summed E-state index contributed by atoms with van der Waals surface area (Å²) in [6.07, 6.45) is 1.18. The minimum absolute atomic E-state index is 0.00326. The van der Waals surface area contributed by atoms with E-state index in [0.29, 0.717) is 11.1 Å². The number of nitrogens with one attached hydrogen (secondary N) is 1. The van der Waals surface area contributed by atoms with E-state index in [4.69, 9.17) is 4.65 Å². The molecule has 2 aromatic carbocycles. The topological polar surface area (TPSA) is 95.9 Å². The molecule has 0 spiro atoms. The second kappa shape index (κ2) is 6.98. The fourth-order valence-corrected chi connectivity index (χ4v) is 2.86. The average Bonchev–Trinajstić information content (AvgIpc) is 2.61. The fourth-order valence-electron chi connectivity index (χ4n) is 2.86. The summed E-state index contributed by atoms with van der Waals surface area (Å²) in [7, 11) is -1.31. The van der Waals surface area contributed by atoms with Gasteiger partial charge in [-0.05, 0) is 42.2 Å². The third kappa shape index (κ3) is 3.51. The van der Waals surface area contributed by atoms with Gasteiger partial charge < -0.3 is 20.1 Å². The maximum absolute atomic E-state index is 12.4. The van der Waals surface area contributed by atoms with E-state index in [9.17, 15) is 19.7 Å². The highest BCUT2D eigenvalue weighted by molar-refractivity contribution is 6.47. The lowest BCUT2D eigenvalue weighted by Crippen LogP contribution is -2.53. The number of aromatic carboxylic acids is 1. The van der Waals surface area contributed by atoms with Crippen molar-refractivity contribution >= 4 is 19.0 Å². The van der Waals surface area contributed by atoms with Gasteiger partial charge >= 0.3 is 13.1 Å². The van der Waals surface area contributed by atoms with Crippen LogP contribution in [0.3, 0.4) is 0 Å². The Morgan fingerprint density at radius 3 is 2.60 bits per heavy atom. The van der Waals surface area contributed by atoms with Crippen molar-refractivity contribution in [3.63, 3.8) is 0 Å². The maximum atomic E-state index is 12.4. The molecule has 3 N–H and O–H groups in total. The zero-order valence-electron chi connectivity index (χ0n) is 13.7. The lowest BCUT2D eigenvalue weighted by Gasteiger charge is -2.28. The average molecular weight is 339 g/mol. The van der Waals surface area contributed by atoms with Crippen molar-refractivity contribution in [2.24, 2.45) is 0 Å². The molecule has 1 aliphatic heterocycles. The molecule has 0 aliphatic carbocycles. The molecule has 25 heavy (non-hydrogen) atoms. The van der Waals surface area contributed by atoms with Crippen LogP contribution in [0.5, 0.6) is 5.75 Å². The molecule has 0 fully saturated rings. The molecule has 0 unspecified atom stereocenters. The number of carbonyl (C=O) groups is 2. The Morgan fingerprint density at radius 1 is 1.24 bits per heavy atom. The second-order valence-corrected chi connectivity index (χ2v) is 5.94. The third-order valence-corrected chi connectivity index (χ3v) is 4.29. The second-order valence-electron chi connectivity index (χ2n) is 5.94. The van der Waals surface area contributed by atoms with Gasteiger partial charge in [-0.1, -0.05) is 31.2 Å². The van der Waals surface area contributed by atoms with Crippen LogP contribution in [0.1, 0.15) is 38.8 Å². The largest absolute Gasteiger partial charge is 0.547 e. The monoisotopic (exact) mass is 339 g/mol. The lowest BCUT2D eigenvalue weighted by atomic mass is 9.72. The summed E-state index contributed by atoms with van der Waals surface area (Å²) in [4.78, 5) is 23.6. The molecule has 1 atom stereocenters. The van der Waals surface area contributed by atoms with Gasteiger partial charge in [-0.15, -0.1) is 0 Å². The van der Waals surface area contributed by atoms with Gasteiger partial charge in [0.05, 0.1) is 11.5 Å². The minimum atomic E-state index is -1.31. The molecule has 1 aliphatic rings. The Bertz CT molecular complexity index is 806. The predicted octanol–water partition coefficient (Wildman–Crippen LogP) is 1.70. The molecule has 0 aromatic heterocycles. The Balaban J connectivity index is 1.77. The lowest BCUT2D eigenvalue weighted by molar-refractivity contribution is 0.0693. The van der Waals surface area contributed by atoms with Crippen molar-refractivity contribution < 1.29 is 24.4 Å². The van der Waals surface area contributed by atoms with Gasteiger partial charge in [-0.3, -0.25) is 4.79 Å². The number of hydrogen-bond donors (Lipinski definition) is 3. The van der Waals surface area contributed by atoms with Gasteiger partial charge in [0.25, 0.3) is 5.91 Å². The number of benzene rings is 2. The summed E-state index contributed by atoms with van der Waals surface area (Å²) < 4.78 is 5.37. The van der Waals surface area contributed by atoms with Gasteiger partial charge in [-0.2, -0.15) is 0 Å². The van der Waals surface area contributed by atoms with Crippen LogP contribution in [0.4, 0.5) is 0 Å². The van der Waals surface area contributed by atoms with Crippen molar-refractivity contribution in [1.29, 1.82) is 0 Å². The Hall–Kier alpha value is -2.80. The number of carbonyl (C=O) groups excluding carboxylic acids is 1. The quantitative estimate of drug-likeness (QED) is 0.737. The molecule has 7 heteroatoms. The number of para-hydroxylation sites is 1. The molecule has 0 radical (unpaired) electrons. The van der Waals surface area contributed by atoms with Gasteiger partial charge in [0.1, 0.15) is 5.75 Å². The zero-order chi connectivity index (χ0) is 18.0. The van der Waals surface area contributed by atoms with Gasteiger partial charge in [0, 0.05) is 5.56 Å². The van der Waals surface area contributed by atoms with Gasteiger partial charge in [0.15, 0.2) is 0 Å². The van der Waals surface area contributed by atoms with Crippen LogP contribution in [0, 0.1) is 0 Å². The van der Waals surface area contributed by atoms with Gasteiger partial charge in [-0.25, -0.2) is 4.79 Å². The number of amides is 1. The van der Waals surface area contributed by atoms with Crippen LogP contribution >= 0.6 is 0 Å². The van der Waals surface area contributed by atoms with Crippen LogP contribution in [0.25, 0.3) is 0 Å². The van der Waals surface area contributed by atoms with E-state index in [1.54, 1.807) is 24.3 Å². The molecular weight excluding hydrogens is 321 g/mol. The fraction of sp³-hybridized carbons (Fsp3) is 0.222. The molecular formula is C18H18BNO5. The molecule has 2 aromatic rings. The first-order chi connectivity index (χ1) is 12.0. The SMILES string of the molecule is CCc1ccc(C(=O)N[C@H]2Cc3cccc(C(=O)O)c3OB2O)cc1. The zero-order valence-corrected chi connectivity index (χ0v) is 13.7. The molecule has 0 bridgehead atoms. The Labute approximate surface area is 145 Å². The van der Waals surface area contributed by atoms with E-state index in [1.807, 2.05) is 19.1 Å². The molecule has 0 saturated carbocycles. The number of fused-ring (bicyclic) bond motifs is 1. The first-order valence-corrected chi connectivity index (χ1v) is 8.09. The minimum Gasteiger partial charge on any atom is -0.534 e. The van der Waals surface area contributed by atoms with E-state index in [2.05, 4.69) is 5.32 Å². The smallest absolute Gasteiger partial charge is 0.534 e. The van der Waals surface area contributed by atoms with E-state index >= 15 is 0 Å². The predicted molar refractivity (Wildman–Crippen MR) is 92.8 cm³/mol. The van der Waals surface area contributed by atoms with Crippen molar-refractivity contribution in [2.75, 3.05) is 0 Å². The molecule has 0 saturated heterocycles.